The molecule has 0 saturated heterocycles. The second-order valence-corrected chi connectivity index (χ2v) is 3.48. The maximum atomic E-state index is 3.81. The summed E-state index contributed by atoms with van der Waals surface area (Å²) < 4.78 is 0. The molecule has 3 rings (SSSR count). The summed E-state index contributed by atoms with van der Waals surface area (Å²) in [6.07, 6.45) is 0. The van der Waals surface area contributed by atoms with Gasteiger partial charge in [0.25, 0.3) is 0 Å². The lowest BCUT2D eigenvalue weighted by Gasteiger charge is -1.82. The molecule has 1 heterocycles. The number of H-pyrrole nitrogens is 1. The number of nitrogens with one attached hydrogen (secondary N) is 1. The Hall–Kier alpha value is -2.16. The molecule has 1 N–H and O–H groups in total. The zero-order valence-electron chi connectivity index (χ0n) is 9.09. The Morgan fingerprint density at radius 2 is 1.56 bits per heavy atom. The summed E-state index contributed by atoms with van der Waals surface area (Å²) in [5.41, 5.74) is 3.22. The molecular weight excluding hydrogens is 198 g/mol. The van der Waals surface area contributed by atoms with Gasteiger partial charge in [-0.2, -0.15) is 0 Å². The molecule has 0 bridgehead atoms. The summed E-state index contributed by atoms with van der Waals surface area (Å²) in [6, 6.07) is 18.0. The van der Waals surface area contributed by atoms with E-state index in [4.69, 9.17) is 0 Å². The first kappa shape index (κ1) is 10.4. The summed E-state index contributed by atoms with van der Waals surface area (Å²) in [5, 5.41) is 10.2. The molecule has 3 nitrogen and oxygen atoms in total. The third kappa shape index (κ3) is 2.67. The van der Waals surface area contributed by atoms with Crippen molar-refractivity contribution in [3.63, 3.8) is 0 Å². The van der Waals surface area contributed by atoms with E-state index in [2.05, 4.69) is 34.5 Å². The minimum Gasteiger partial charge on any atom is -0.258 e. The van der Waals surface area contributed by atoms with Crippen LogP contribution < -0.4 is 0 Å². The van der Waals surface area contributed by atoms with Crippen molar-refractivity contribution >= 4 is 11.0 Å². The molecule has 80 valence electrons. The van der Waals surface area contributed by atoms with E-state index < -0.39 is 0 Å². The second kappa shape index (κ2) is 5.07. The number of aromatic amines is 1. The van der Waals surface area contributed by atoms with Crippen molar-refractivity contribution < 1.29 is 0 Å². The van der Waals surface area contributed by atoms with E-state index in [1.54, 1.807) is 0 Å². The van der Waals surface area contributed by atoms with Gasteiger partial charge < -0.3 is 0 Å². The first-order chi connectivity index (χ1) is 7.86. The van der Waals surface area contributed by atoms with Crippen LogP contribution >= 0.6 is 0 Å². The molecule has 1 aromatic heterocycles. The Balaban J connectivity index is 0.000000125. The number of hydrogen-bond acceptors (Lipinski definition) is 2. The lowest BCUT2D eigenvalue weighted by molar-refractivity contribution is 0.959. The first-order valence-corrected chi connectivity index (χ1v) is 5.14. The number of fused-ring (bicyclic) bond motifs is 1. The molecule has 16 heavy (non-hydrogen) atoms. The molecule has 0 radical (unpaired) electrons. The fourth-order valence-corrected chi connectivity index (χ4v) is 1.32. The van der Waals surface area contributed by atoms with Crippen LogP contribution in [-0.4, -0.2) is 15.4 Å². The maximum Gasteiger partial charge on any atom is 0.112 e. The van der Waals surface area contributed by atoms with Crippen molar-refractivity contribution in [1.29, 1.82) is 0 Å². The highest BCUT2D eigenvalue weighted by molar-refractivity contribution is 5.72. The van der Waals surface area contributed by atoms with Crippen molar-refractivity contribution in [1.82, 2.24) is 15.4 Å². The van der Waals surface area contributed by atoms with Gasteiger partial charge in [0.2, 0.25) is 0 Å². The van der Waals surface area contributed by atoms with E-state index in [-0.39, 0.29) is 0 Å². The third-order valence-electron chi connectivity index (χ3n) is 2.17. The number of hydrogen-bond donors (Lipinski definition) is 1. The molecule has 0 unspecified atom stereocenters. The van der Waals surface area contributed by atoms with E-state index in [9.17, 15) is 0 Å². The molecule has 0 aliphatic carbocycles. The number of nitrogens with zero attached hydrogens (tertiary/aromatic N) is 2. The summed E-state index contributed by atoms with van der Waals surface area (Å²) in [6.45, 7) is 2.08. The van der Waals surface area contributed by atoms with Gasteiger partial charge in [0.1, 0.15) is 5.52 Å². The van der Waals surface area contributed by atoms with Crippen LogP contribution in [0.4, 0.5) is 0 Å². The van der Waals surface area contributed by atoms with Crippen LogP contribution in [0.25, 0.3) is 11.0 Å². The average Bonchev–Trinajstić information content (AvgIpc) is 2.79. The highest BCUT2D eigenvalue weighted by Gasteiger charge is 1.90. The third-order valence-corrected chi connectivity index (χ3v) is 2.17. The predicted octanol–water partition coefficient (Wildman–Crippen LogP) is 2.95. The molecule has 0 saturated carbocycles. The topological polar surface area (TPSA) is 41.6 Å². The molecule has 0 fully saturated rings. The Labute approximate surface area is 94.1 Å². The summed E-state index contributed by atoms with van der Waals surface area (Å²) in [7, 11) is 0. The average molecular weight is 211 g/mol. The molecule has 3 aromatic rings. The van der Waals surface area contributed by atoms with Gasteiger partial charge in [-0.3, -0.25) is 5.10 Å². The quantitative estimate of drug-likeness (QED) is 0.621. The predicted molar refractivity (Wildman–Crippen MR) is 65.1 cm³/mol. The largest absolute Gasteiger partial charge is 0.258 e. The van der Waals surface area contributed by atoms with Crippen LogP contribution in [0, 0.1) is 6.92 Å². The zero-order valence-corrected chi connectivity index (χ0v) is 9.09. The van der Waals surface area contributed by atoms with E-state index in [0.717, 1.165) is 11.0 Å². The molecule has 0 amide bonds. The van der Waals surface area contributed by atoms with Gasteiger partial charge in [-0.1, -0.05) is 53.2 Å². The molecule has 3 heteroatoms. The van der Waals surface area contributed by atoms with Gasteiger partial charge in [-0.15, -0.1) is 5.10 Å². The van der Waals surface area contributed by atoms with E-state index >= 15 is 0 Å². The van der Waals surface area contributed by atoms with Gasteiger partial charge in [0, 0.05) is 0 Å². The molecule has 0 aliphatic heterocycles. The standard InChI is InChI=1S/C7H8.C6H5N3/c1-7-5-3-2-4-6-7;1-2-4-6-5(3-1)7-9-8-6/h2-6H,1H3;1-4H,(H,7,8,9). The van der Waals surface area contributed by atoms with Gasteiger partial charge >= 0.3 is 0 Å². The second-order valence-electron chi connectivity index (χ2n) is 3.48. The number of rotatable bonds is 0. The van der Waals surface area contributed by atoms with Crippen LogP contribution in [0.1, 0.15) is 5.56 Å². The van der Waals surface area contributed by atoms with Gasteiger partial charge in [0.15, 0.2) is 0 Å². The van der Waals surface area contributed by atoms with E-state index in [1.807, 2.05) is 42.5 Å². The fourth-order valence-electron chi connectivity index (χ4n) is 1.32. The summed E-state index contributed by atoms with van der Waals surface area (Å²) >= 11 is 0. The number of aromatic nitrogens is 3. The molecule has 0 aliphatic rings. The highest BCUT2D eigenvalue weighted by Crippen LogP contribution is 2.03. The van der Waals surface area contributed by atoms with Crippen LogP contribution in [0.2, 0.25) is 0 Å². The fraction of sp³-hybridized carbons (Fsp3) is 0.0769. The lowest BCUT2D eigenvalue weighted by atomic mass is 10.2. The maximum absolute atomic E-state index is 3.81. The number of benzene rings is 2. The highest BCUT2D eigenvalue weighted by atomic mass is 15.3. The Bertz CT molecular complexity index is 513. The van der Waals surface area contributed by atoms with Crippen molar-refractivity contribution in [2.24, 2.45) is 0 Å². The van der Waals surface area contributed by atoms with Crippen LogP contribution in [0.15, 0.2) is 54.6 Å². The molecular formula is C13H13N3. The Kier molecular flexibility index (Phi) is 3.28. The Morgan fingerprint density at radius 3 is 2.19 bits per heavy atom. The van der Waals surface area contributed by atoms with Gasteiger partial charge in [0.05, 0.1) is 5.52 Å². The van der Waals surface area contributed by atoms with E-state index in [0.29, 0.717) is 0 Å². The normalized spacial score (nSPS) is 9.56. The lowest BCUT2D eigenvalue weighted by Crippen LogP contribution is -1.63. The van der Waals surface area contributed by atoms with Crippen molar-refractivity contribution in [3.8, 4) is 0 Å². The van der Waals surface area contributed by atoms with E-state index in [1.165, 1.54) is 5.56 Å². The van der Waals surface area contributed by atoms with Crippen molar-refractivity contribution in [3.05, 3.63) is 60.2 Å². The number of para-hydroxylation sites is 1. The smallest absolute Gasteiger partial charge is 0.112 e. The Morgan fingerprint density at radius 1 is 0.875 bits per heavy atom. The van der Waals surface area contributed by atoms with Crippen molar-refractivity contribution in [2.75, 3.05) is 0 Å². The van der Waals surface area contributed by atoms with Crippen LogP contribution in [-0.2, 0) is 0 Å². The zero-order chi connectivity index (χ0) is 11.2. The summed E-state index contributed by atoms with van der Waals surface area (Å²) in [4.78, 5) is 0. The van der Waals surface area contributed by atoms with Crippen LogP contribution in [0.3, 0.4) is 0 Å². The minimum atomic E-state index is 0.914. The molecule has 2 aromatic carbocycles. The number of aryl methyl sites for hydroxylation is 1. The van der Waals surface area contributed by atoms with Gasteiger partial charge in [-0.25, -0.2) is 0 Å². The first-order valence-electron chi connectivity index (χ1n) is 5.14. The summed E-state index contributed by atoms with van der Waals surface area (Å²) in [5.74, 6) is 0. The molecule has 0 spiro atoms. The molecule has 0 atom stereocenters. The SMILES string of the molecule is Cc1ccccc1.c1ccc2[nH]nnc2c1. The monoisotopic (exact) mass is 211 g/mol. The van der Waals surface area contributed by atoms with Gasteiger partial charge in [-0.05, 0) is 19.1 Å². The van der Waals surface area contributed by atoms with Crippen molar-refractivity contribution in [2.45, 2.75) is 6.92 Å². The minimum absolute atomic E-state index is 0.914. The van der Waals surface area contributed by atoms with Crippen LogP contribution in [0.5, 0.6) is 0 Å².